The summed E-state index contributed by atoms with van der Waals surface area (Å²) in [6.45, 7) is 2.15. The maximum Gasteiger partial charge on any atom is 0.251 e. The third-order valence-corrected chi connectivity index (χ3v) is 5.15. The molecule has 0 spiro atoms. The summed E-state index contributed by atoms with van der Waals surface area (Å²) in [5.74, 6) is 1.19. The number of likely N-dealkylation sites (tertiary alicyclic amines) is 1. The average Bonchev–Trinajstić information content (AvgIpc) is 2.65. The van der Waals surface area contributed by atoms with E-state index in [0.717, 1.165) is 31.7 Å². The summed E-state index contributed by atoms with van der Waals surface area (Å²) >= 11 is 1.68. The number of hydrogen-bond acceptors (Lipinski definition) is 4. The highest BCUT2D eigenvalue weighted by Gasteiger charge is 2.28. The molecule has 1 saturated heterocycles. The highest BCUT2D eigenvalue weighted by atomic mass is 35.5. The van der Waals surface area contributed by atoms with E-state index in [-0.39, 0.29) is 24.2 Å². The van der Waals surface area contributed by atoms with Crippen LogP contribution in [0.1, 0.15) is 29.6 Å². The monoisotopic (exact) mass is 385 g/mol. The van der Waals surface area contributed by atoms with E-state index in [1.54, 1.807) is 23.9 Å². The summed E-state index contributed by atoms with van der Waals surface area (Å²) in [6.07, 6.45) is 4.55. The van der Waals surface area contributed by atoms with Crippen molar-refractivity contribution >= 4 is 36.0 Å². The molecule has 0 aromatic heterocycles. The normalized spacial score (nSPS) is 16.0. The van der Waals surface area contributed by atoms with Gasteiger partial charge in [-0.25, -0.2) is 0 Å². The van der Waals surface area contributed by atoms with Crippen molar-refractivity contribution in [3.05, 3.63) is 35.9 Å². The molecule has 0 saturated carbocycles. The molecule has 1 aromatic carbocycles. The molecule has 1 heterocycles. The number of halogens is 1. The summed E-state index contributed by atoms with van der Waals surface area (Å²) in [5, 5.41) is 2.92. The Morgan fingerprint density at radius 2 is 1.92 bits per heavy atom. The lowest BCUT2D eigenvalue weighted by Crippen LogP contribution is -2.51. The van der Waals surface area contributed by atoms with Gasteiger partial charge in [-0.05, 0) is 55.9 Å². The minimum absolute atomic E-state index is 0. The zero-order valence-corrected chi connectivity index (χ0v) is 16.3. The van der Waals surface area contributed by atoms with E-state index in [9.17, 15) is 9.59 Å². The van der Waals surface area contributed by atoms with Crippen LogP contribution in [0.5, 0.6) is 0 Å². The molecule has 0 aliphatic carbocycles. The number of hydrogen-bond donors (Lipinski definition) is 2. The highest BCUT2D eigenvalue weighted by Crippen LogP contribution is 2.17. The molecule has 1 fully saturated rings. The summed E-state index contributed by atoms with van der Waals surface area (Å²) < 4.78 is 0. The summed E-state index contributed by atoms with van der Waals surface area (Å²) in [5.41, 5.74) is 6.30. The summed E-state index contributed by atoms with van der Waals surface area (Å²) in [6, 6.07) is 8.58. The van der Waals surface area contributed by atoms with Gasteiger partial charge >= 0.3 is 0 Å². The average molecular weight is 386 g/mol. The molecule has 25 heavy (non-hydrogen) atoms. The molecule has 1 aromatic rings. The number of nitrogens with zero attached hydrogens (tertiary/aromatic N) is 1. The van der Waals surface area contributed by atoms with Crippen LogP contribution in [0, 0.1) is 5.92 Å². The fourth-order valence-corrected chi connectivity index (χ4v) is 3.41. The van der Waals surface area contributed by atoms with Crippen LogP contribution in [-0.2, 0) is 4.79 Å². The van der Waals surface area contributed by atoms with Crippen LogP contribution in [0.15, 0.2) is 30.3 Å². The van der Waals surface area contributed by atoms with Crippen LogP contribution in [0.4, 0.5) is 0 Å². The molecule has 1 aliphatic rings. The van der Waals surface area contributed by atoms with Gasteiger partial charge in [-0.15, -0.1) is 12.4 Å². The van der Waals surface area contributed by atoms with Gasteiger partial charge in [0.05, 0.1) is 0 Å². The quantitative estimate of drug-likeness (QED) is 0.754. The lowest BCUT2D eigenvalue weighted by molar-refractivity contribution is -0.134. The Hall–Kier alpha value is -1.24. The fourth-order valence-electron chi connectivity index (χ4n) is 2.93. The van der Waals surface area contributed by atoms with Crippen LogP contribution in [-0.4, -0.2) is 54.4 Å². The Labute approximate surface area is 160 Å². The van der Waals surface area contributed by atoms with E-state index in [0.29, 0.717) is 24.4 Å². The lowest BCUT2D eigenvalue weighted by atomic mass is 9.96. The number of amides is 2. The molecule has 2 rings (SSSR count). The second-order valence-electron chi connectivity index (χ2n) is 6.18. The van der Waals surface area contributed by atoms with Crippen LogP contribution >= 0.6 is 24.2 Å². The van der Waals surface area contributed by atoms with Crippen molar-refractivity contribution in [3.8, 4) is 0 Å². The van der Waals surface area contributed by atoms with Crippen molar-refractivity contribution < 1.29 is 9.59 Å². The van der Waals surface area contributed by atoms with Gasteiger partial charge in [0.25, 0.3) is 5.91 Å². The van der Waals surface area contributed by atoms with E-state index in [1.807, 2.05) is 29.4 Å². The smallest absolute Gasteiger partial charge is 0.251 e. The number of rotatable bonds is 7. The zero-order valence-electron chi connectivity index (χ0n) is 14.6. The third-order valence-electron chi connectivity index (χ3n) is 4.51. The van der Waals surface area contributed by atoms with Crippen molar-refractivity contribution in [1.82, 2.24) is 10.2 Å². The minimum atomic E-state index is -0.459. The van der Waals surface area contributed by atoms with Gasteiger partial charge in [-0.1, -0.05) is 18.2 Å². The van der Waals surface area contributed by atoms with E-state index in [2.05, 4.69) is 5.32 Å². The van der Waals surface area contributed by atoms with Gasteiger partial charge in [-0.3, -0.25) is 9.59 Å². The maximum absolute atomic E-state index is 12.8. The van der Waals surface area contributed by atoms with Gasteiger partial charge < -0.3 is 16.0 Å². The number of thioether (sulfide) groups is 1. The van der Waals surface area contributed by atoms with E-state index < -0.39 is 6.04 Å². The number of carbonyl (C=O) groups is 2. The molecule has 7 heteroatoms. The van der Waals surface area contributed by atoms with Crippen molar-refractivity contribution in [1.29, 1.82) is 0 Å². The SMILES string of the molecule is CSCCC(NC(=O)c1ccccc1)C(=O)N1CCC(CN)CC1.Cl. The van der Waals surface area contributed by atoms with Gasteiger partial charge in [0.2, 0.25) is 5.91 Å². The molecule has 1 aliphatic heterocycles. The van der Waals surface area contributed by atoms with Crippen molar-refractivity contribution in [2.24, 2.45) is 11.7 Å². The van der Waals surface area contributed by atoms with E-state index >= 15 is 0 Å². The topological polar surface area (TPSA) is 75.4 Å². The van der Waals surface area contributed by atoms with Crippen LogP contribution in [0.3, 0.4) is 0 Å². The van der Waals surface area contributed by atoms with Crippen molar-refractivity contribution in [2.45, 2.75) is 25.3 Å². The second kappa shape index (κ2) is 11.4. The van der Waals surface area contributed by atoms with Gasteiger partial charge in [0.15, 0.2) is 0 Å². The number of benzene rings is 1. The number of nitrogens with two attached hydrogens (primary N) is 1. The number of carbonyl (C=O) groups excluding carboxylic acids is 2. The second-order valence-corrected chi connectivity index (χ2v) is 7.16. The Morgan fingerprint density at radius 1 is 1.28 bits per heavy atom. The number of piperidine rings is 1. The van der Waals surface area contributed by atoms with E-state index in [1.165, 1.54) is 0 Å². The predicted molar refractivity (Wildman–Crippen MR) is 106 cm³/mol. The molecule has 3 N–H and O–H groups in total. The molecule has 2 amide bonds. The fraction of sp³-hybridized carbons (Fsp3) is 0.556. The largest absolute Gasteiger partial charge is 0.341 e. The first-order valence-electron chi connectivity index (χ1n) is 8.49. The third kappa shape index (κ3) is 6.53. The van der Waals surface area contributed by atoms with Crippen molar-refractivity contribution in [2.75, 3.05) is 31.6 Å². The lowest BCUT2D eigenvalue weighted by Gasteiger charge is -2.34. The van der Waals surface area contributed by atoms with Crippen molar-refractivity contribution in [3.63, 3.8) is 0 Å². The Balaban J connectivity index is 0.00000312. The van der Waals surface area contributed by atoms with Gasteiger partial charge in [0.1, 0.15) is 6.04 Å². The molecular weight excluding hydrogens is 358 g/mol. The predicted octanol–water partition coefficient (Wildman–Crippen LogP) is 2.16. The molecule has 1 atom stereocenters. The first kappa shape index (κ1) is 21.8. The first-order chi connectivity index (χ1) is 11.7. The Morgan fingerprint density at radius 3 is 2.48 bits per heavy atom. The number of nitrogens with one attached hydrogen (secondary N) is 1. The molecule has 0 bridgehead atoms. The van der Waals surface area contributed by atoms with Crippen LogP contribution in [0.2, 0.25) is 0 Å². The Kier molecular flexibility index (Phi) is 9.93. The minimum Gasteiger partial charge on any atom is -0.341 e. The molecule has 1 unspecified atom stereocenters. The maximum atomic E-state index is 12.8. The van der Waals surface area contributed by atoms with Gasteiger partial charge in [0, 0.05) is 18.7 Å². The molecule has 5 nitrogen and oxygen atoms in total. The summed E-state index contributed by atoms with van der Waals surface area (Å²) in [7, 11) is 0. The summed E-state index contributed by atoms with van der Waals surface area (Å²) in [4.78, 5) is 27.1. The highest BCUT2D eigenvalue weighted by molar-refractivity contribution is 7.98. The zero-order chi connectivity index (χ0) is 17.4. The molecular formula is C18H28ClN3O2S. The Bertz CT molecular complexity index is 536. The molecule has 0 radical (unpaired) electrons. The van der Waals surface area contributed by atoms with Crippen LogP contribution < -0.4 is 11.1 Å². The standard InChI is InChI=1S/C18H27N3O2S.ClH/c1-24-12-9-16(20-17(22)15-5-3-2-4-6-15)18(23)21-10-7-14(13-19)8-11-21;/h2-6,14,16H,7-13,19H2,1H3,(H,20,22);1H. The molecule has 140 valence electrons. The first-order valence-corrected chi connectivity index (χ1v) is 9.88. The van der Waals surface area contributed by atoms with Gasteiger partial charge in [-0.2, -0.15) is 11.8 Å². The van der Waals surface area contributed by atoms with Crippen LogP contribution in [0.25, 0.3) is 0 Å². The van der Waals surface area contributed by atoms with E-state index in [4.69, 9.17) is 5.73 Å².